The van der Waals surface area contributed by atoms with Gasteiger partial charge in [-0.1, -0.05) is 54.2 Å². The lowest BCUT2D eigenvalue weighted by molar-refractivity contribution is -0.133. The number of H-pyrrole nitrogens is 1. The minimum Gasteiger partial charge on any atom is -0.481 e. The van der Waals surface area contributed by atoms with E-state index in [1.807, 2.05) is 61.5 Å². The van der Waals surface area contributed by atoms with Crippen LogP contribution in [0.1, 0.15) is 5.56 Å². The summed E-state index contributed by atoms with van der Waals surface area (Å²) < 4.78 is 1.47. The number of aromatic amines is 1. The summed E-state index contributed by atoms with van der Waals surface area (Å²) >= 11 is 1.03. The molecule has 4 aromatic rings. The molecule has 2 heterocycles. The average Bonchev–Trinajstić information content (AvgIpc) is 3.11. The Bertz CT molecular complexity index is 1230. The van der Waals surface area contributed by atoms with Crippen molar-refractivity contribution in [1.82, 2.24) is 14.5 Å². The van der Waals surface area contributed by atoms with E-state index in [1.54, 1.807) is 6.20 Å². The zero-order valence-electron chi connectivity index (χ0n) is 15.0. The molecule has 6 nitrogen and oxygen atoms in total. The first-order valence-corrected chi connectivity index (χ1v) is 9.64. The maximum Gasteiger partial charge on any atom is 0.313 e. The van der Waals surface area contributed by atoms with Crippen molar-refractivity contribution in [1.29, 1.82) is 0 Å². The lowest BCUT2D eigenvalue weighted by Crippen LogP contribution is -2.22. The second-order valence-electron chi connectivity index (χ2n) is 6.35. The molecule has 0 saturated heterocycles. The predicted octanol–water partition coefficient (Wildman–Crippen LogP) is 3.87. The summed E-state index contributed by atoms with van der Waals surface area (Å²) in [7, 11) is 0. The zero-order valence-corrected chi connectivity index (χ0v) is 15.9. The van der Waals surface area contributed by atoms with Crippen molar-refractivity contribution in [3.05, 3.63) is 76.7 Å². The molecule has 140 valence electrons. The maximum absolute atomic E-state index is 13.3. The number of nitrogens with one attached hydrogen (secondary N) is 1. The van der Waals surface area contributed by atoms with Crippen LogP contribution < -0.4 is 5.56 Å². The van der Waals surface area contributed by atoms with Crippen LogP contribution in [0, 0.1) is 6.92 Å². The summed E-state index contributed by atoms with van der Waals surface area (Å²) in [5, 5.41) is 9.46. The molecule has 0 amide bonds. The number of aryl methyl sites for hydroxylation is 1. The standard InChI is InChI=1S/C21H17N3O3S/c1-13-6-5-9-15(10-13)24-20(27)19-18(23-21(24)28-12-17(25)26)16(11-22-19)14-7-3-2-4-8-14/h2-11,22H,12H2,1H3,(H,25,26). The van der Waals surface area contributed by atoms with Gasteiger partial charge in [-0.05, 0) is 30.2 Å². The Balaban J connectivity index is 1.98. The Kier molecular flexibility index (Phi) is 4.75. The number of carboxylic acids is 1. The van der Waals surface area contributed by atoms with Gasteiger partial charge in [-0.2, -0.15) is 0 Å². The van der Waals surface area contributed by atoms with E-state index in [2.05, 4.69) is 9.97 Å². The lowest BCUT2D eigenvalue weighted by atomic mass is 10.1. The average molecular weight is 391 g/mol. The van der Waals surface area contributed by atoms with Gasteiger partial charge in [-0.15, -0.1) is 0 Å². The van der Waals surface area contributed by atoms with Crippen LogP contribution >= 0.6 is 11.8 Å². The van der Waals surface area contributed by atoms with Crippen molar-refractivity contribution in [2.75, 3.05) is 5.75 Å². The molecule has 0 aliphatic rings. The van der Waals surface area contributed by atoms with Gasteiger partial charge in [0.1, 0.15) is 11.0 Å². The molecule has 0 aliphatic heterocycles. The van der Waals surface area contributed by atoms with E-state index < -0.39 is 5.97 Å². The number of aromatic nitrogens is 3. The molecule has 0 radical (unpaired) electrons. The highest BCUT2D eigenvalue weighted by molar-refractivity contribution is 7.99. The van der Waals surface area contributed by atoms with E-state index in [0.717, 1.165) is 28.5 Å². The molecule has 4 rings (SSSR count). The number of thioether (sulfide) groups is 1. The molecule has 0 spiro atoms. The number of fused-ring (bicyclic) bond motifs is 1. The summed E-state index contributed by atoms with van der Waals surface area (Å²) in [6.07, 6.45) is 1.76. The van der Waals surface area contributed by atoms with Gasteiger partial charge in [0, 0.05) is 11.8 Å². The van der Waals surface area contributed by atoms with Gasteiger partial charge < -0.3 is 10.1 Å². The molecule has 2 aromatic heterocycles. The number of hydrogen-bond acceptors (Lipinski definition) is 4. The Morgan fingerprint density at radius 2 is 1.96 bits per heavy atom. The van der Waals surface area contributed by atoms with Crippen LogP contribution in [0.3, 0.4) is 0 Å². The van der Waals surface area contributed by atoms with Crippen molar-refractivity contribution in [2.45, 2.75) is 12.1 Å². The summed E-state index contributed by atoms with van der Waals surface area (Å²) in [5.74, 6) is -1.15. The molecule has 7 heteroatoms. The Morgan fingerprint density at radius 3 is 2.68 bits per heavy atom. The Morgan fingerprint density at radius 1 is 1.18 bits per heavy atom. The van der Waals surface area contributed by atoms with Crippen LogP contribution in [0.4, 0.5) is 0 Å². The van der Waals surface area contributed by atoms with Crippen LogP contribution in [-0.2, 0) is 4.79 Å². The molecule has 0 unspecified atom stereocenters. The highest BCUT2D eigenvalue weighted by atomic mass is 32.2. The minimum absolute atomic E-state index is 0.186. The number of carboxylic acid groups (broad SMARTS) is 1. The fourth-order valence-electron chi connectivity index (χ4n) is 3.09. The van der Waals surface area contributed by atoms with Gasteiger partial charge >= 0.3 is 5.97 Å². The van der Waals surface area contributed by atoms with E-state index in [0.29, 0.717) is 21.9 Å². The molecule has 0 aliphatic carbocycles. The first kappa shape index (κ1) is 18.1. The monoisotopic (exact) mass is 391 g/mol. The molecule has 2 aromatic carbocycles. The molecular formula is C21H17N3O3S. The first-order valence-electron chi connectivity index (χ1n) is 8.66. The predicted molar refractivity (Wildman–Crippen MR) is 110 cm³/mol. The number of aliphatic carboxylic acids is 1. The molecule has 0 fully saturated rings. The number of rotatable bonds is 5. The van der Waals surface area contributed by atoms with E-state index in [-0.39, 0.29) is 11.3 Å². The fourth-order valence-corrected chi connectivity index (χ4v) is 3.82. The second-order valence-corrected chi connectivity index (χ2v) is 7.29. The summed E-state index contributed by atoms with van der Waals surface area (Å²) in [6, 6.07) is 17.1. The van der Waals surface area contributed by atoms with Crippen LogP contribution in [0.5, 0.6) is 0 Å². The van der Waals surface area contributed by atoms with E-state index in [4.69, 9.17) is 5.11 Å². The quantitative estimate of drug-likeness (QED) is 0.398. The third kappa shape index (κ3) is 3.32. The molecular weight excluding hydrogens is 374 g/mol. The topological polar surface area (TPSA) is 88.0 Å². The van der Waals surface area contributed by atoms with Crippen molar-refractivity contribution in [2.24, 2.45) is 0 Å². The molecule has 2 N–H and O–H groups in total. The minimum atomic E-state index is -0.965. The zero-order chi connectivity index (χ0) is 19.7. The smallest absolute Gasteiger partial charge is 0.313 e. The molecule has 0 atom stereocenters. The molecule has 28 heavy (non-hydrogen) atoms. The normalized spacial score (nSPS) is 11.0. The molecule has 0 saturated carbocycles. The van der Waals surface area contributed by atoms with E-state index in [1.165, 1.54) is 4.57 Å². The van der Waals surface area contributed by atoms with Crippen molar-refractivity contribution in [3.8, 4) is 16.8 Å². The third-order valence-corrected chi connectivity index (χ3v) is 5.26. The van der Waals surface area contributed by atoms with Crippen molar-refractivity contribution < 1.29 is 9.90 Å². The number of nitrogens with zero attached hydrogens (tertiary/aromatic N) is 2. The fraction of sp³-hybridized carbons (Fsp3) is 0.0952. The summed E-state index contributed by atoms with van der Waals surface area (Å²) in [5.41, 5.74) is 4.06. The van der Waals surface area contributed by atoms with Crippen LogP contribution in [0.15, 0.2) is 70.7 Å². The van der Waals surface area contributed by atoms with E-state index in [9.17, 15) is 9.59 Å². The highest BCUT2D eigenvalue weighted by Gasteiger charge is 2.18. The van der Waals surface area contributed by atoms with Crippen molar-refractivity contribution in [3.63, 3.8) is 0 Å². The van der Waals surface area contributed by atoms with Gasteiger partial charge in [0.25, 0.3) is 5.56 Å². The third-order valence-electron chi connectivity index (χ3n) is 4.34. The SMILES string of the molecule is Cc1cccc(-n2c(SCC(=O)O)nc3c(-c4ccccc4)c[nH]c3c2=O)c1. The largest absolute Gasteiger partial charge is 0.481 e. The van der Waals surface area contributed by atoms with Gasteiger partial charge in [-0.3, -0.25) is 14.2 Å². The van der Waals surface area contributed by atoms with Crippen LogP contribution in [0.2, 0.25) is 0 Å². The van der Waals surface area contributed by atoms with Gasteiger partial charge in [0.05, 0.1) is 11.4 Å². The van der Waals surface area contributed by atoms with Crippen LogP contribution in [0.25, 0.3) is 27.8 Å². The highest BCUT2D eigenvalue weighted by Crippen LogP contribution is 2.28. The number of hydrogen-bond donors (Lipinski definition) is 2. The van der Waals surface area contributed by atoms with Gasteiger partial charge in [0.2, 0.25) is 0 Å². The van der Waals surface area contributed by atoms with Crippen molar-refractivity contribution >= 4 is 28.8 Å². The maximum atomic E-state index is 13.3. The van der Waals surface area contributed by atoms with Gasteiger partial charge in [0.15, 0.2) is 5.16 Å². The van der Waals surface area contributed by atoms with E-state index >= 15 is 0 Å². The number of carbonyl (C=O) groups is 1. The molecule has 0 bridgehead atoms. The summed E-state index contributed by atoms with van der Waals surface area (Å²) in [4.78, 5) is 32.1. The van der Waals surface area contributed by atoms with Gasteiger partial charge in [-0.25, -0.2) is 4.98 Å². The Hall–Kier alpha value is -3.32. The summed E-state index contributed by atoms with van der Waals surface area (Å²) in [6.45, 7) is 1.94. The first-order chi connectivity index (χ1) is 13.5. The lowest BCUT2D eigenvalue weighted by Gasteiger charge is -2.12. The number of benzene rings is 2. The Labute approximate surface area is 164 Å². The van der Waals surface area contributed by atoms with Crippen LogP contribution in [-0.4, -0.2) is 31.4 Å². The second kappa shape index (κ2) is 7.36.